The van der Waals surface area contributed by atoms with Crippen LogP contribution in [0.15, 0.2) is 6.07 Å². The van der Waals surface area contributed by atoms with E-state index in [0.717, 1.165) is 4.90 Å². The minimum atomic E-state index is -1.73. The average molecular weight is 289 g/mol. The zero-order valence-corrected chi connectivity index (χ0v) is 10.7. The van der Waals surface area contributed by atoms with Crippen molar-refractivity contribution < 1.29 is 28.2 Å². The maximum atomic E-state index is 13.7. The Bertz CT molecular complexity index is 550. The number of aliphatic hydroxyl groups excluding tert-OH is 1. The molecule has 1 heterocycles. The lowest BCUT2D eigenvalue weighted by atomic mass is 9.95. The molecule has 1 aliphatic rings. The highest BCUT2D eigenvalue weighted by atomic mass is 19.2. The molecule has 110 valence electrons. The Balaban J connectivity index is 2.30. The zero-order chi connectivity index (χ0) is 15.0. The summed E-state index contributed by atoms with van der Waals surface area (Å²) in [6.45, 7) is 2.08. The highest BCUT2D eigenvalue weighted by molar-refractivity contribution is 5.95. The number of carbonyl (C=O) groups excluding carboxylic acids is 1. The number of aliphatic hydroxyl groups is 1. The van der Waals surface area contributed by atoms with Crippen LogP contribution in [-0.2, 0) is 0 Å². The number of hydrogen-bond acceptors (Lipinski definition) is 3. The third-order valence-electron chi connectivity index (χ3n) is 3.57. The first-order chi connectivity index (χ1) is 9.32. The SMILES string of the molecule is CC1CCN(C(=O)c2cc(F)c(F)c(O)c2F)CC1O. The van der Waals surface area contributed by atoms with Gasteiger partial charge in [0.25, 0.3) is 5.91 Å². The lowest BCUT2D eigenvalue weighted by molar-refractivity contribution is 0.0245. The molecule has 1 fully saturated rings. The molecule has 1 amide bonds. The quantitative estimate of drug-likeness (QED) is 0.773. The van der Waals surface area contributed by atoms with Crippen LogP contribution in [0.4, 0.5) is 13.2 Å². The van der Waals surface area contributed by atoms with Gasteiger partial charge in [-0.3, -0.25) is 4.79 Å². The van der Waals surface area contributed by atoms with Crippen molar-refractivity contribution in [2.24, 2.45) is 5.92 Å². The van der Waals surface area contributed by atoms with E-state index in [0.29, 0.717) is 12.5 Å². The van der Waals surface area contributed by atoms with Gasteiger partial charge < -0.3 is 15.1 Å². The van der Waals surface area contributed by atoms with E-state index in [1.165, 1.54) is 0 Å². The Morgan fingerprint density at radius 2 is 2.00 bits per heavy atom. The molecule has 4 nitrogen and oxygen atoms in total. The van der Waals surface area contributed by atoms with Crippen molar-refractivity contribution in [3.63, 3.8) is 0 Å². The summed E-state index contributed by atoms with van der Waals surface area (Å²) < 4.78 is 39.8. The minimum absolute atomic E-state index is 0.00209. The Hall–Kier alpha value is -1.76. The fourth-order valence-corrected chi connectivity index (χ4v) is 2.15. The first-order valence-corrected chi connectivity index (χ1v) is 6.16. The number of benzene rings is 1. The fourth-order valence-electron chi connectivity index (χ4n) is 2.15. The van der Waals surface area contributed by atoms with Crippen molar-refractivity contribution in [3.05, 3.63) is 29.1 Å². The molecular formula is C13H14F3NO3. The Morgan fingerprint density at radius 3 is 2.60 bits per heavy atom. The predicted molar refractivity (Wildman–Crippen MR) is 63.7 cm³/mol. The van der Waals surface area contributed by atoms with Crippen LogP contribution >= 0.6 is 0 Å². The number of piperidine rings is 1. The van der Waals surface area contributed by atoms with Gasteiger partial charge in [0, 0.05) is 13.1 Å². The highest BCUT2D eigenvalue weighted by Crippen LogP contribution is 2.27. The summed E-state index contributed by atoms with van der Waals surface area (Å²) in [4.78, 5) is 13.2. The second kappa shape index (κ2) is 5.32. The molecule has 1 aliphatic heterocycles. The molecule has 0 aliphatic carbocycles. The van der Waals surface area contributed by atoms with E-state index in [-0.39, 0.29) is 19.0 Å². The zero-order valence-electron chi connectivity index (χ0n) is 10.7. The van der Waals surface area contributed by atoms with Gasteiger partial charge in [0.15, 0.2) is 17.4 Å². The molecule has 1 saturated heterocycles. The van der Waals surface area contributed by atoms with Crippen LogP contribution in [0.5, 0.6) is 5.75 Å². The molecule has 2 rings (SSSR count). The van der Waals surface area contributed by atoms with Gasteiger partial charge in [-0.15, -0.1) is 0 Å². The summed E-state index contributed by atoms with van der Waals surface area (Å²) >= 11 is 0. The normalized spacial score (nSPS) is 22.9. The van der Waals surface area contributed by atoms with Crippen molar-refractivity contribution in [1.29, 1.82) is 0 Å². The van der Waals surface area contributed by atoms with Crippen molar-refractivity contribution in [2.45, 2.75) is 19.4 Å². The molecule has 0 saturated carbocycles. The number of halogens is 3. The maximum absolute atomic E-state index is 13.7. The molecular weight excluding hydrogens is 275 g/mol. The second-order valence-electron chi connectivity index (χ2n) is 4.97. The molecule has 2 unspecified atom stereocenters. The van der Waals surface area contributed by atoms with Gasteiger partial charge in [-0.1, -0.05) is 6.92 Å². The molecule has 0 radical (unpaired) electrons. The number of nitrogens with zero attached hydrogens (tertiary/aromatic N) is 1. The molecule has 2 atom stereocenters. The lowest BCUT2D eigenvalue weighted by Crippen LogP contribution is -2.46. The monoisotopic (exact) mass is 289 g/mol. The number of likely N-dealkylation sites (tertiary alicyclic amines) is 1. The first-order valence-electron chi connectivity index (χ1n) is 6.16. The smallest absolute Gasteiger partial charge is 0.257 e. The number of β-amino-alcohol motifs (C(OH)–C–C–N with tert-alkyl or cyclic N) is 1. The van der Waals surface area contributed by atoms with Crippen LogP contribution in [0, 0.1) is 23.4 Å². The molecule has 20 heavy (non-hydrogen) atoms. The van der Waals surface area contributed by atoms with Crippen molar-refractivity contribution in [3.8, 4) is 5.75 Å². The molecule has 1 aromatic carbocycles. The summed E-state index contributed by atoms with van der Waals surface area (Å²) in [7, 11) is 0. The Kier molecular flexibility index (Phi) is 3.89. The number of amides is 1. The van der Waals surface area contributed by atoms with Gasteiger partial charge in [0.05, 0.1) is 11.7 Å². The number of phenols is 1. The summed E-state index contributed by atoms with van der Waals surface area (Å²) in [6.07, 6.45) is -0.237. The third kappa shape index (κ3) is 2.45. The lowest BCUT2D eigenvalue weighted by Gasteiger charge is -2.34. The number of phenolic OH excluding ortho intramolecular Hbond substituents is 1. The Morgan fingerprint density at radius 1 is 1.35 bits per heavy atom. The molecule has 1 aromatic rings. The molecule has 0 spiro atoms. The van der Waals surface area contributed by atoms with Crippen LogP contribution in [-0.4, -0.2) is 40.2 Å². The van der Waals surface area contributed by atoms with E-state index >= 15 is 0 Å². The number of carbonyl (C=O) groups is 1. The summed E-state index contributed by atoms with van der Waals surface area (Å²) in [5.74, 6) is -7.13. The Labute approximate surface area is 113 Å². The van der Waals surface area contributed by atoms with Crippen LogP contribution < -0.4 is 0 Å². The topological polar surface area (TPSA) is 60.8 Å². The molecule has 0 bridgehead atoms. The van der Waals surface area contributed by atoms with Crippen LogP contribution in [0.3, 0.4) is 0 Å². The van der Waals surface area contributed by atoms with Crippen molar-refractivity contribution in [2.75, 3.05) is 13.1 Å². The van der Waals surface area contributed by atoms with Crippen LogP contribution in [0.2, 0.25) is 0 Å². The van der Waals surface area contributed by atoms with E-state index in [2.05, 4.69) is 0 Å². The molecule has 0 aromatic heterocycles. The van der Waals surface area contributed by atoms with Crippen LogP contribution in [0.1, 0.15) is 23.7 Å². The van der Waals surface area contributed by atoms with E-state index < -0.39 is 40.8 Å². The number of hydrogen-bond donors (Lipinski definition) is 2. The number of aromatic hydroxyl groups is 1. The maximum Gasteiger partial charge on any atom is 0.257 e. The van der Waals surface area contributed by atoms with E-state index in [1.807, 2.05) is 6.92 Å². The van der Waals surface area contributed by atoms with Crippen molar-refractivity contribution >= 4 is 5.91 Å². The van der Waals surface area contributed by atoms with E-state index in [4.69, 9.17) is 5.11 Å². The highest BCUT2D eigenvalue weighted by Gasteiger charge is 2.31. The third-order valence-corrected chi connectivity index (χ3v) is 3.57. The minimum Gasteiger partial charge on any atom is -0.503 e. The molecule has 7 heteroatoms. The van der Waals surface area contributed by atoms with Gasteiger partial charge in [-0.25, -0.2) is 8.78 Å². The van der Waals surface area contributed by atoms with Gasteiger partial charge in [-0.05, 0) is 18.4 Å². The van der Waals surface area contributed by atoms with Gasteiger partial charge in [0.1, 0.15) is 0 Å². The largest absolute Gasteiger partial charge is 0.503 e. The summed E-state index contributed by atoms with van der Waals surface area (Å²) in [6, 6.07) is 0.414. The summed E-state index contributed by atoms with van der Waals surface area (Å²) in [5, 5.41) is 18.8. The van der Waals surface area contributed by atoms with Gasteiger partial charge in [-0.2, -0.15) is 4.39 Å². The van der Waals surface area contributed by atoms with Gasteiger partial charge in [0.2, 0.25) is 5.82 Å². The van der Waals surface area contributed by atoms with Crippen LogP contribution in [0.25, 0.3) is 0 Å². The fraction of sp³-hybridized carbons (Fsp3) is 0.462. The number of rotatable bonds is 1. The standard InChI is InChI=1S/C13H14F3NO3/c1-6-2-3-17(5-9(6)18)13(20)7-4-8(14)11(16)12(19)10(7)15/h4,6,9,18-19H,2-3,5H2,1H3. The first kappa shape index (κ1) is 14.6. The van der Waals surface area contributed by atoms with Gasteiger partial charge >= 0.3 is 0 Å². The predicted octanol–water partition coefficient (Wildman–Crippen LogP) is 1.65. The summed E-state index contributed by atoms with van der Waals surface area (Å²) in [5.41, 5.74) is -0.747. The second-order valence-corrected chi connectivity index (χ2v) is 4.97. The van der Waals surface area contributed by atoms with E-state index in [1.54, 1.807) is 0 Å². The van der Waals surface area contributed by atoms with Crippen molar-refractivity contribution in [1.82, 2.24) is 4.90 Å². The average Bonchev–Trinajstić information content (AvgIpc) is 2.43. The van der Waals surface area contributed by atoms with E-state index in [9.17, 15) is 23.1 Å². The molecule has 2 N–H and O–H groups in total.